The second-order valence-corrected chi connectivity index (χ2v) is 7.47. The van der Waals surface area contributed by atoms with Crippen molar-refractivity contribution in [2.75, 3.05) is 14.2 Å². The van der Waals surface area contributed by atoms with Crippen LogP contribution in [0.3, 0.4) is 0 Å². The Labute approximate surface area is 185 Å². The number of benzene rings is 2. The Kier molecular flexibility index (Phi) is 5.61. The average molecular weight is 429 g/mol. The first kappa shape index (κ1) is 21.1. The number of hydrogen-bond donors (Lipinski definition) is 1. The van der Waals surface area contributed by atoms with E-state index in [-0.39, 0.29) is 17.0 Å². The summed E-state index contributed by atoms with van der Waals surface area (Å²) in [5.74, 6) is 0.662. The maximum Gasteiger partial charge on any atom is 0.259 e. The molecule has 0 radical (unpaired) electrons. The Morgan fingerprint density at radius 3 is 2.53 bits per heavy atom. The standard InChI is InChI=1S/C25H23N3O4/c1-15-11-21-23(25(29)28(15)14-16-7-5-4-6-8-16)22(19(13-26)24(27)32-21)18-10-9-17(30-2)12-20(18)31-3/h4-12,22H,14,27H2,1-3H3. The molecule has 0 bridgehead atoms. The van der Waals surface area contributed by atoms with Crippen LogP contribution in [0.4, 0.5) is 0 Å². The van der Waals surface area contributed by atoms with Gasteiger partial charge in [0.05, 0.1) is 32.2 Å². The number of pyridine rings is 1. The topological polar surface area (TPSA) is 99.5 Å². The largest absolute Gasteiger partial charge is 0.497 e. The minimum absolute atomic E-state index is 0.0255. The molecular formula is C25H23N3O4. The summed E-state index contributed by atoms with van der Waals surface area (Å²) in [6.45, 7) is 2.24. The summed E-state index contributed by atoms with van der Waals surface area (Å²) in [5.41, 5.74) is 8.71. The molecule has 1 unspecified atom stereocenters. The van der Waals surface area contributed by atoms with Crippen molar-refractivity contribution in [2.24, 2.45) is 5.73 Å². The molecule has 4 rings (SSSR count). The zero-order chi connectivity index (χ0) is 22.8. The molecule has 1 aliphatic heterocycles. The predicted molar refractivity (Wildman–Crippen MR) is 120 cm³/mol. The third-order valence-corrected chi connectivity index (χ3v) is 5.63. The van der Waals surface area contributed by atoms with E-state index in [1.54, 1.807) is 35.9 Å². The van der Waals surface area contributed by atoms with Gasteiger partial charge < -0.3 is 24.5 Å². The molecule has 0 aliphatic carbocycles. The van der Waals surface area contributed by atoms with Gasteiger partial charge in [-0.15, -0.1) is 0 Å². The number of hydrogen-bond acceptors (Lipinski definition) is 6. The van der Waals surface area contributed by atoms with Crippen LogP contribution >= 0.6 is 0 Å². The van der Waals surface area contributed by atoms with Gasteiger partial charge in [0.25, 0.3) is 5.56 Å². The Morgan fingerprint density at radius 1 is 1.12 bits per heavy atom. The third-order valence-electron chi connectivity index (χ3n) is 5.63. The van der Waals surface area contributed by atoms with Crippen molar-refractivity contribution in [2.45, 2.75) is 19.4 Å². The Balaban J connectivity index is 1.96. The summed E-state index contributed by atoms with van der Waals surface area (Å²) in [4.78, 5) is 13.8. The van der Waals surface area contributed by atoms with Crippen molar-refractivity contribution in [3.63, 3.8) is 0 Å². The summed E-state index contributed by atoms with van der Waals surface area (Å²) in [5, 5.41) is 9.89. The lowest BCUT2D eigenvalue weighted by Gasteiger charge is -2.28. The van der Waals surface area contributed by atoms with E-state index in [1.807, 2.05) is 37.3 Å². The molecule has 1 aromatic heterocycles. The highest BCUT2D eigenvalue weighted by molar-refractivity contribution is 5.59. The zero-order valence-electron chi connectivity index (χ0n) is 18.1. The average Bonchev–Trinajstić information content (AvgIpc) is 2.81. The van der Waals surface area contributed by atoms with Crippen molar-refractivity contribution in [3.8, 4) is 23.3 Å². The number of nitrogens with zero attached hydrogens (tertiary/aromatic N) is 2. The smallest absolute Gasteiger partial charge is 0.259 e. The Hall–Kier alpha value is -4.18. The van der Waals surface area contributed by atoms with Crippen LogP contribution in [0.1, 0.15) is 28.3 Å². The molecule has 32 heavy (non-hydrogen) atoms. The molecule has 3 aromatic rings. The van der Waals surface area contributed by atoms with Crippen LogP contribution in [0, 0.1) is 18.3 Å². The second-order valence-electron chi connectivity index (χ2n) is 7.47. The van der Waals surface area contributed by atoms with Crippen LogP contribution < -0.4 is 25.5 Å². The molecule has 0 fully saturated rings. The van der Waals surface area contributed by atoms with E-state index < -0.39 is 5.92 Å². The minimum atomic E-state index is -0.736. The molecule has 0 amide bonds. The van der Waals surface area contributed by atoms with Gasteiger partial charge in [-0.25, -0.2) is 0 Å². The molecule has 0 saturated heterocycles. The van der Waals surface area contributed by atoms with Crippen molar-refractivity contribution >= 4 is 0 Å². The molecule has 7 nitrogen and oxygen atoms in total. The highest BCUT2D eigenvalue weighted by Crippen LogP contribution is 2.44. The fourth-order valence-electron chi connectivity index (χ4n) is 4.02. The van der Waals surface area contributed by atoms with E-state index in [1.165, 1.54) is 7.11 Å². The lowest BCUT2D eigenvalue weighted by molar-refractivity contribution is 0.378. The number of nitriles is 1. The van der Waals surface area contributed by atoms with Crippen LogP contribution in [0.2, 0.25) is 0 Å². The van der Waals surface area contributed by atoms with Gasteiger partial charge in [0.2, 0.25) is 5.88 Å². The van der Waals surface area contributed by atoms with Crippen LogP contribution in [0.25, 0.3) is 0 Å². The lowest BCUT2D eigenvalue weighted by atomic mass is 9.83. The Bertz CT molecular complexity index is 1300. The maximum atomic E-state index is 13.8. The fourth-order valence-corrected chi connectivity index (χ4v) is 4.02. The first-order chi connectivity index (χ1) is 15.5. The summed E-state index contributed by atoms with van der Waals surface area (Å²) in [6, 6.07) is 18.9. The third kappa shape index (κ3) is 3.56. The van der Waals surface area contributed by atoms with Crippen molar-refractivity contribution in [3.05, 3.63) is 98.8 Å². The molecular weight excluding hydrogens is 406 g/mol. The highest BCUT2D eigenvalue weighted by Gasteiger charge is 2.36. The monoisotopic (exact) mass is 429 g/mol. The molecule has 162 valence electrons. The van der Waals surface area contributed by atoms with Gasteiger partial charge in [-0.3, -0.25) is 4.79 Å². The highest BCUT2D eigenvalue weighted by atomic mass is 16.5. The SMILES string of the molecule is COc1ccc(C2C(C#N)=C(N)Oc3cc(C)n(Cc4ccccc4)c(=O)c32)c(OC)c1. The molecule has 7 heteroatoms. The maximum absolute atomic E-state index is 13.8. The van der Waals surface area contributed by atoms with E-state index in [0.29, 0.717) is 34.9 Å². The molecule has 1 atom stereocenters. The molecule has 2 heterocycles. The van der Waals surface area contributed by atoms with E-state index in [0.717, 1.165) is 11.3 Å². The molecule has 0 spiro atoms. The number of allylic oxidation sites excluding steroid dienone is 1. The molecule has 0 saturated carbocycles. The van der Waals surface area contributed by atoms with Gasteiger partial charge in [-0.2, -0.15) is 5.26 Å². The molecule has 1 aliphatic rings. The van der Waals surface area contributed by atoms with E-state index in [4.69, 9.17) is 19.9 Å². The van der Waals surface area contributed by atoms with Crippen molar-refractivity contribution < 1.29 is 14.2 Å². The number of aromatic nitrogens is 1. The zero-order valence-corrected chi connectivity index (χ0v) is 18.1. The number of nitrogens with two attached hydrogens (primary N) is 1. The summed E-state index contributed by atoms with van der Waals surface area (Å²) in [6.07, 6.45) is 0. The van der Waals surface area contributed by atoms with Gasteiger partial charge >= 0.3 is 0 Å². The van der Waals surface area contributed by atoms with Crippen LogP contribution in [-0.4, -0.2) is 18.8 Å². The van der Waals surface area contributed by atoms with Gasteiger partial charge in [0.1, 0.15) is 28.9 Å². The molecule has 2 N–H and O–H groups in total. The van der Waals surface area contributed by atoms with Gasteiger partial charge in [0.15, 0.2) is 0 Å². The summed E-state index contributed by atoms with van der Waals surface area (Å²) in [7, 11) is 3.09. The van der Waals surface area contributed by atoms with Gasteiger partial charge in [-0.1, -0.05) is 36.4 Å². The number of ether oxygens (including phenoxy) is 3. The van der Waals surface area contributed by atoms with Crippen molar-refractivity contribution in [1.29, 1.82) is 5.26 Å². The summed E-state index contributed by atoms with van der Waals surface area (Å²) >= 11 is 0. The predicted octanol–water partition coefficient (Wildman–Crippen LogP) is 3.44. The number of methoxy groups -OCH3 is 2. The first-order valence-electron chi connectivity index (χ1n) is 10.1. The van der Waals surface area contributed by atoms with Crippen LogP contribution in [0.15, 0.2) is 70.8 Å². The fraction of sp³-hybridized carbons (Fsp3) is 0.200. The van der Waals surface area contributed by atoms with E-state index >= 15 is 0 Å². The second kappa shape index (κ2) is 8.52. The van der Waals surface area contributed by atoms with Crippen molar-refractivity contribution in [1.82, 2.24) is 4.57 Å². The first-order valence-corrected chi connectivity index (χ1v) is 10.1. The van der Waals surface area contributed by atoms with E-state index in [2.05, 4.69) is 6.07 Å². The van der Waals surface area contributed by atoms with E-state index in [9.17, 15) is 10.1 Å². The van der Waals surface area contributed by atoms with Crippen LogP contribution in [-0.2, 0) is 6.54 Å². The van der Waals surface area contributed by atoms with Gasteiger partial charge in [0, 0.05) is 23.4 Å². The Morgan fingerprint density at radius 2 is 1.88 bits per heavy atom. The lowest BCUT2D eigenvalue weighted by Crippen LogP contribution is -2.33. The minimum Gasteiger partial charge on any atom is -0.497 e. The quantitative estimate of drug-likeness (QED) is 0.667. The summed E-state index contributed by atoms with van der Waals surface area (Å²) < 4.78 is 18.3. The van der Waals surface area contributed by atoms with Crippen LogP contribution in [0.5, 0.6) is 17.2 Å². The molecule has 2 aromatic carbocycles. The number of rotatable bonds is 5. The van der Waals surface area contributed by atoms with Gasteiger partial charge in [-0.05, 0) is 18.6 Å². The number of fused-ring (bicyclic) bond motifs is 1. The number of aryl methyl sites for hydroxylation is 1. The normalized spacial score (nSPS) is 14.9.